The highest BCUT2D eigenvalue weighted by molar-refractivity contribution is 5.65. The van der Waals surface area contributed by atoms with Gasteiger partial charge in [0.05, 0.1) is 0 Å². The smallest absolute Gasteiger partial charge is 0.00617 e. The average molecular weight is 311 g/mol. The van der Waals surface area contributed by atoms with E-state index in [1.54, 1.807) is 0 Å². The maximum absolute atomic E-state index is 4.31. The molecule has 0 saturated carbocycles. The van der Waals surface area contributed by atoms with Crippen LogP contribution in [0.2, 0.25) is 0 Å². The lowest BCUT2D eigenvalue weighted by atomic mass is 9.90. The summed E-state index contributed by atoms with van der Waals surface area (Å²) >= 11 is 0. The molecule has 0 aliphatic rings. The van der Waals surface area contributed by atoms with Crippen molar-refractivity contribution in [1.82, 2.24) is 0 Å². The Morgan fingerprint density at radius 1 is 0.750 bits per heavy atom. The summed E-state index contributed by atoms with van der Waals surface area (Å²) in [7, 11) is 0. The van der Waals surface area contributed by atoms with Gasteiger partial charge in [0, 0.05) is 5.92 Å². The summed E-state index contributed by atoms with van der Waals surface area (Å²) in [5.41, 5.74) is 4.93. The van der Waals surface area contributed by atoms with Gasteiger partial charge in [-0.1, -0.05) is 110 Å². The molecule has 0 fully saturated rings. The van der Waals surface area contributed by atoms with Crippen molar-refractivity contribution in [3.8, 4) is 0 Å². The van der Waals surface area contributed by atoms with Gasteiger partial charge in [0.15, 0.2) is 0 Å². The van der Waals surface area contributed by atoms with E-state index < -0.39 is 0 Å². The van der Waals surface area contributed by atoms with Crippen molar-refractivity contribution in [2.45, 2.75) is 12.3 Å². The second kappa shape index (κ2) is 8.12. The fourth-order valence-corrected chi connectivity index (χ4v) is 2.85. The van der Waals surface area contributed by atoms with Gasteiger partial charge >= 0.3 is 0 Å². The predicted octanol–water partition coefficient (Wildman–Crippen LogP) is 6.59. The van der Waals surface area contributed by atoms with Crippen molar-refractivity contribution in [1.29, 1.82) is 0 Å². The van der Waals surface area contributed by atoms with Gasteiger partial charge in [-0.3, -0.25) is 0 Å². The van der Waals surface area contributed by atoms with Crippen LogP contribution in [0.15, 0.2) is 104 Å². The predicted molar refractivity (Wildman–Crippen MR) is 105 cm³/mol. The van der Waals surface area contributed by atoms with Gasteiger partial charge in [0.1, 0.15) is 0 Å². The van der Waals surface area contributed by atoms with Crippen LogP contribution in [0.3, 0.4) is 0 Å². The monoisotopic (exact) mass is 311 g/mol. The van der Waals surface area contributed by atoms with E-state index in [0.717, 1.165) is 6.42 Å². The van der Waals surface area contributed by atoms with E-state index in [2.05, 4.69) is 97.6 Å². The van der Waals surface area contributed by atoms with Crippen molar-refractivity contribution in [2.75, 3.05) is 0 Å². The minimum absolute atomic E-state index is 0.319. The van der Waals surface area contributed by atoms with E-state index in [1.807, 2.05) is 12.1 Å². The number of hydrogen-bond donors (Lipinski definition) is 0. The van der Waals surface area contributed by atoms with Crippen LogP contribution >= 0.6 is 0 Å². The van der Waals surface area contributed by atoms with Crippen molar-refractivity contribution < 1.29 is 0 Å². The molecule has 0 heteroatoms. The third-order valence-corrected chi connectivity index (χ3v) is 4.20. The standard InChI is InChI=1S/C24H22/c1-20(22-13-7-3-8-14-22)19-24(23-15-9-4-10-16-23)18-17-21-11-5-2-6-12-21/h2-18,24H,1,19H2/b18-17+/i1+1. The molecule has 3 aromatic carbocycles. The molecular weight excluding hydrogens is 289 g/mol. The van der Waals surface area contributed by atoms with Crippen LogP contribution in [-0.2, 0) is 0 Å². The Labute approximate surface area is 144 Å². The summed E-state index contributed by atoms with van der Waals surface area (Å²) in [5.74, 6) is 0.319. The molecule has 0 aliphatic heterocycles. The van der Waals surface area contributed by atoms with Crippen molar-refractivity contribution >= 4 is 11.6 Å². The molecule has 0 heterocycles. The second-order valence-corrected chi connectivity index (χ2v) is 5.96. The van der Waals surface area contributed by atoms with Gasteiger partial charge in [-0.2, -0.15) is 0 Å². The summed E-state index contributed by atoms with van der Waals surface area (Å²) in [5, 5.41) is 0. The molecule has 3 aromatic rings. The molecule has 0 radical (unpaired) electrons. The third-order valence-electron chi connectivity index (χ3n) is 4.20. The Kier molecular flexibility index (Phi) is 5.42. The molecule has 0 amide bonds. The zero-order valence-corrected chi connectivity index (χ0v) is 13.8. The van der Waals surface area contributed by atoms with Gasteiger partial charge < -0.3 is 0 Å². The largest absolute Gasteiger partial charge is 0.0952 e. The highest BCUT2D eigenvalue weighted by Gasteiger charge is 2.10. The molecule has 1 atom stereocenters. The fraction of sp³-hybridized carbons (Fsp3) is 0.0833. The molecule has 118 valence electrons. The van der Waals surface area contributed by atoms with Gasteiger partial charge in [-0.25, -0.2) is 0 Å². The second-order valence-electron chi connectivity index (χ2n) is 5.96. The molecule has 0 N–H and O–H groups in total. The lowest BCUT2D eigenvalue weighted by molar-refractivity contribution is 0.881. The molecule has 0 bridgehead atoms. The van der Waals surface area contributed by atoms with Gasteiger partial charge in [-0.05, 0) is 28.7 Å². The number of benzene rings is 3. The first-order valence-corrected chi connectivity index (χ1v) is 8.34. The van der Waals surface area contributed by atoms with Crippen molar-refractivity contribution in [3.63, 3.8) is 0 Å². The van der Waals surface area contributed by atoms with E-state index >= 15 is 0 Å². The summed E-state index contributed by atoms with van der Waals surface area (Å²) in [6.45, 7) is 4.31. The topological polar surface area (TPSA) is 0 Å². The molecule has 3 rings (SSSR count). The molecule has 24 heavy (non-hydrogen) atoms. The minimum Gasteiger partial charge on any atom is -0.0952 e. The third kappa shape index (κ3) is 4.33. The fourth-order valence-electron chi connectivity index (χ4n) is 2.85. The van der Waals surface area contributed by atoms with Crippen LogP contribution in [0.4, 0.5) is 0 Å². The SMILES string of the molecule is [13CH2]=C(CC(/C=C/c1ccccc1)c1ccccc1)c1ccccc1. The maximum atomic E-state index is 4.31. The molecule has 1 unspecified atom stereocenters. The molecule has 0 aromatic heterocycles. The van der Waals surface area contributed by atoms with E-state index in [1.165, 1.54) is 22.3 Å². The zero-order chi connectivity index (χ0) is 16.6. The summed E-state index contributed by atoms with van der Waals surface area (Å²) in [6.07, 6.45) is 5.41. The zero-order valence-electron chi connectivity index (χ0n) is 13.8. The Morgan fingerprint density at radius 3 is 1.92 bits per heavy atom. The van der Waals surface area contributed by atoms with Crippen LogP contribution in [0.5, 0.6) is 0 Å². The van der Waals surface area contributed by atoms with E-state index in [-0.39, 0.29) is 0 Å². The van der Waals surface area contributed by atoms with Gasteiger partial charge in [-0.15, -0.1) is 0 Å². The van der Waals surface area contributed by atoms with Gasteiger partial charge in [0.25, 0.3) is 0 Å². The lowest BCUT2D eigenvalue weighted by Gasteiger charge is -2.15. The van der Waals surface area contributed by atoms with Crippen LogP contribution < -0.4 is 0 Å². The summed E-state index contributed by atoms with van der Waals surface area (Å²) < 4.78 is 0. The Hall–Kier alpha value is -2.86. The normalized spacial score (nSPS) is 12.2. The Bertz CT molecular complexity index is 783. The van der Waals surface area contributed by atoms with Crippen LogP contribution in [0.1, 0.15) is 29.0 Å². The number of rotatable bonds is 6. The van der Waals surface area contributed by atoms with Crippen LogP contribution in [0.25, 0.3) is 11.6 Å². The van der Waals surface area contributed by atoms with Crippen LogP contribution in [0, 0.1) is 0 Å². The molecule has 0 saturated heterocycles. The van der Waals surface area contributed by atoms with Gasteiger partial charge in [0.2, 0.25) is 0 Å². The van der Waals surface area contributed by atoms with Crippen molar-refractivity contribution in [3.05, 3.63) is 120 Å². The minimum atomic E-state index is 0.319. The van der Waals surface area contributed by atoms with E-state index in [9.17, 15) is 0 Å². The first-order valence-electron chi connectivity index (χ1n) is 8.34. The molecule has 0 aliphatic carbocycles. The molecular formula is C24H22. The molecule has 0 nitrogen and oxygen atoms in total. The number of hydrogen-bond acceptors (Lipinski definition) is 0. The van der Waals surface area contributed by atoms with E-state index in [0.29, 0.717) is 5.92 Å². The summed E-state index contributed by atoms with van der Waals surface area (Å²) in [4.78, 5) is 0. The maximum Gasteiger partial charge on any atom is 0.00617 e. The lowest BCUT2D eigenvalue weighted by Crippen LogP contribution is -1.97. The highest BCUT2D eigenvalue weighted by atomic mass is 14.2. The average Bonchev–Trinajstić information content (AvgIpc) is 2.67. The highest BCUT2D eigenvalue weighted by Crippen LogP contribution is 2.29. The summed E-state index contributed by atoms with van der Waals surface area (Å²) in [6, 6.07) is 31.5. The Balaban J connectivity index is 1.83. The first kappa shape index (κ1) is 16.0. The first-order chi connectivity index (χ1) is 11.8. The van der Waals surface area contributed by atoms with Crippen molar-refractivity contribution in [2.24, 2.45) is 0 Å². The molecule has 0 spiro atoms. The quantitative estimate of drug-likeness (QED) is 0.451. The van der Waals surface area contributed by atoms with Crippen LogP contribution in [-0.4, -0.2) is 0 Å². The van der Waals surface area contributed by atoms with E-state index in [4.69, 9.17) is 0 Å². The number of allylic oxidation sites excluding steroid dienone is 2. The Morgan fingerprint density at radius 2 is 1.29 bits per heavy atom.